The van der Waals surface area contributed by atoms with Crippen molar-refractivity contribution in [2.75, 3.05) is 36.2 Å². The molecule has 0 spiro atoms. The zero-order chi connectivity index (χ0) is 36.3. The lowest BCUT2D eigenvalue weighted by Crippen LogP contribution is -2.27. The van der Waals surface area contributed by atoms with Crippen LogP contribution in [0.15, 0.2) is 97.5 Å². The molecule has 3 amide bonds. The molecule has 0 saturated heterocycles. The van der Waals surface area contributed by atoms with Gasteiger partial charge in [-0.1, -0.05) is 49.7 Å². The van der Waals surface area contributed by atoms with E-state index in [1.165, 1.54) is 12.4 Å². The van der Waals surface area contributed by atoms with Crippen LogP contribution in [0, 0.1) is 6.92 Å². The van der Waals surface area contributed by atoms with Crippen LogP contribution >= 0.6 is 0 Å². The number of pyridine rings is 1. The molecule has 0 aliphatic heterocycles. The monoisotopic (exact) mass is 699 g/mol. The van der Waals surface area contributed by atoms with Crippen LogP contribution in [0.4, 0.5) is 27.9 Å². The van der Waals surface area contributed by atoms with Crippen molar-refractivity contribution in [3.63, 3.8) is 0 Å². The Labute approximate surface area is 301 Å². The van der Waals surface area contributed by atoms with E-state index in [4.69, 9.17) is 14.6 Å². The van der Waals surface area contributed by atoms with E-state index < -0.39 is 0 Å². The third-order valence-corrected chi connectivity index (χ3v) is 8.12. The Kier molecular flexibility index (Phi) is 11.6. The van der Waals surface area contributed by atoms with Crippen molar-refractivity contribution < 1.29 is 19.1 Å². The summed E-state index contributed by atoms with van der Waals surface area (Å²) in [5.41, 5.74) is 4.62. The summed E-state index contributed by atoms with van der Waals surface area (Å²) >= 11 is 0. The lowest BCUT2D eigenvalue weighted by Gasteiger charge is -2.15. The first-order valence-electron chi connectivity index (χ1n) is 17.1. The quantitative estimate of drug-likeness (QED) is 0.0814. The van der Waals surface area contributed by atoms with E-state index in [2.05, 4.69) is 43.1 Å². The molecule has 266 valence electrons. The van der Waals surface area contributed by atoms with Crippen LogP contribution in [-0.2, 0) is 17.8 Å². The summed E-state index contributed by atoms with van der Waals surface area (Å²) < 4.78 is 13.0. The number of anilines is 4. The molecule has 6 rings (SSSR count). The highest BCUT2D eigenvalue weighted by Crippen LogP contribution is 2.32. The number of methoxy groups -OCH3 is 1. The zero-order valence-corrected chi connectivity index (χ0v) is 29.3. The van der Waals surface area contributed by atoms with E-state index >= 15 is 0 Å². The second kappa shape index (κ2) is 17.1. The molecule has 4 N–H and O–H groups in total. The molecule has 3 aromatic carbocycles. The van der Waals surface area contributed by atoms with Gasteiger partial charge in [0.05, 0.1) is 36.1 Å². The van der Waals surface area contributed by atoms with Crippen molar-refractivity contribution in [3.8, 4) is 11.4 Å². The standard InChI is InChI=1S/C39H41N9O4/c1-4-5-10-28-22-37(48(47-28)29-11-8-9-26(2)20-29)46-39(50)44-32-14-15-34(31-13-7-6-12-30(31)32)52-25-27-16-17-40-35(21-27)45-36-24-42-33(23-43-36)38(49)41-18-19-51-3/h6-9,11-17,20-24H,4-5,10,18-19,25H2,1-3H3,(H,41,49)(H,40,43,45)(H2,44,46,50). The molecule has 0 radical (unpaired) electrons. The SMILES string of the molecule is CCCCc1cc(NC(=O)Nc2ccc(OCc3ccnc(Nc4cnc(C(=O)NCCOC)cn4)c3)c3ccccc23)n(-c2cccc(C)c2)n1. The van der Waals surface area contributed by atoms with E-state index in [0.29, 0.717) is 42.0 Å². The third kappa shape index (κ3) is 9.06. The second-order valence-corrected chi connectivity index (χ2v) is 12.1. The third-order valence-electron chi connectivity index (χ3n) is 8.12. The highest BCUT2D eigenvalue weighted by atomic mass is 16.5. The number of benzene rings is 3. The summed E-state index contributed by atoms with van der Waals surface area (Å²) in [7, 11) is 1.57. The van der Waals surface area contributed by atoms with Gasteiger partial charge in [0.1, 0.15) is 35.5 Å². The van der Waals surface area contributed by atoms with E-state index in [1.54, 1.807) is 18.0 Å². The predicted molar refractivity (Wildman–Crippen MR) is 202 cm³/mol. The molecule has 52 heavy (non-hydrogen) atoms. The maximum atomic E-state index is 13.4. The van der Waals surface area contributed by atoms with Crippen molar-refractivity contribution in [1.82, 2.24) is 30.0 Å². The van der Waals surface area contributed by atoms with Gasteiger partial charge >= 0.3 is 6.03 Å². The molecule has 6 aromatic rings. The lowest BCUT2D eigenvalue weighted by molar-refractivity contribution is 0.0931. The lowest BCUT2D eigenvalue weighted by atomic mass is 10.1. The number of urea groups is 1. The number of carbonyl (C=O) groups is 2. The van der Waals surface area contributed by atoms with Gasteiger partial charge < -0.3 is 25.4 Å². The van der Waals surface area contributed by atoms with Crippen LogP contribution in [0.1, 0.15) is 47.1 Å². The maximum absolute atomic E-state index is 13.4. The second-order valence-electron chi connectivity index (χ2n) is 12.1. The first-order chi connectivity index (χ1) is 25.4. The fourth-order valence-corrected chi connectivity index (χ4v) is 5.52. The summed E-state index contributed by atoms with van der Waals surface area (Å²) in [6.45, 7) is 5.23. The normalized spacial score (nSPS) is 10.9. The van der Waals surface area contributed by atoms with Gasteiger partial charge in [-0.3, -0.25) is 10.1 Å². The number of hydrogen-bond acceptors (Lipinski definition) is 9. The van der Waals surface area contributed by atoms with Gasteiger partial charge in [-0.15, -0.1) is 0 Å². The molecule has 0 aliphatic rings. The molecule has 0 saturated carbocycles. The zero-order valence-electron chi connectivity index (χ0n) is 29.3. The van der Waals surface area contributed by atoms with Gasteiger partial charge in [-0.2, -0.15) is 5.10 Å². The van der Waals surface area contributed by atoms with Crippen LogP contribution in [-0.4, -0.2) is 56.9 Å². The molecule has 0 bridgehead atoms. The number of aromatic nitrogens is 5. The number of nitrogens with zero attached hydrogens (tertiary/aromatic N) is 5. The Bertz CT molecular complexity index is 2150. The first kappa shape index (κ1) is 35.5. The number of ether oxygens (including phenoxy) is 2. The summed E-state index contributed by atoms with van der Waals surface area (Å²) in [5, 5.41) is 18.3. The van der Waals surface area contributed by atoms with Crippen molar-refractivity contribution in [2.45, 2.75) is 39.7 Å². The molecule has 0 fully saturated rings. The van der Waals surface area contributed by atoms with Gasteiger partial charge in [-0.05, 0) is 67.3 Å². The van der Waals surface area contributed by atoms with Crippen molar-refractivity contribution in [2.24, 2.45) is 0 Å². The van der Waals surface area contributed by atoms with E-state index in [9.17, 15) is 9.59 Å². The minimum Gasteiger partial charge on any atom is -0.488 e. The highest BCUT2D eigenvalue weighted by molar-refractivity contribution is 6.07. The number of fused-ring (bicyclic) bond motifs is 1. The minimum atomic E-state index is -0.379. The maximum Gasteiger partial charge on any atom is 0.324 e. The molecule has 3 aromatic heterocycles. The topological polar surface area (TPSA) is 157 Å². The van der Waals surface area contributed by atoms with Crippen molar-refractivity contribution >= 4 is 45.9 Å². The highest BCUT2D eigenvalue weighted by Gasteiger charge is 2.15. The summed E-state index contributed by atoms with van der Waals surface area (Å²) in [6.07, 6.45) is 7.44. The van der Waals surface area contributed by atoms with Gasteiger partial charge in [0.2, 0.25) is 0 Å². The number of hydrogen-bond donors (Lipinski definition) is 4. The fraction of sp³-hybridized carbons (Fsp3) is 0.231. The Morgan fingerprint density at radius 2 is 1.73 bits per heavy atom. The Morgan fingerprint density at radius 1 is 0.865 bits per heavy atom. The molecule has 0 unspecified atom stereocenters. The molecular weight excluding hydrogens is 658 g/mol. The Hall–Kier alpha value is -6.34. The van der Waals surface area contributed by atoms with Crippen LogP contribution in [0.3, 0.4) is 0 Å². The minimum absolute atomic E-state index is 0.202. The largest absolute Gasteiger partial charge is 0.488 e. The molecule has 13 nitrogen and oxygen atoms in total. The number of aryl methyl sites for hydroxylation is 2. The van der Waals surface area contributed by atoms with Gasteiger partial charge in [-0.25, -0.2) is 24.4 Å². The number of carbonyl (C=O) groups excluding carboxylic acids is 2. The van der Waals surface area contributed by atoms with Crippen LogP contribution in [0.5, 0.6) is 5.75 Å². The Morgan fingerprint density at radius 3 is 2.52 bits per heavy atom. The first-order valence-corrected chi connectivity index (χ1v) is 17.1. The van der Waals surface area contributed by atoms with Crippen LogP contribution in [0.2, 0.25) is 0 Å². The van der Waals surface area contributed by atoms with E-state index in [1.807, 2.05) is 85.8 Å². The number of nitrogens with one attached hydrogen (secondary N) is 4. The van der Waals surface area contributed by atoms with Gasteiger partial charge in [0, 0.05) is 36.7 Å². The summed E-state index contributed by atoms with van der Waals surface area (Å²) in [4.78, 5) is 38.5. The van der Waals surface area contributed by atoms with Crippen molar-refractivity contribution in [3.05, 3.63) is 120 Å². The number of rotatable bonds is 15. The average Bonchev–Trinajstić information content (AvgIpc) is 3.56. The van der Waals surface area contributed by atoms with Gasteiger partial charge in [0.15, 0.2) is 0 Å². The fourth-order valence-electron chi connectivity index (χ4n) is 5.52. The predicted octanol–water partition coefficient (Wildman–Crippen LogP) is 7.20. The molecule has 0 aliphatic carbocycles. The number of amides is 3. The summed E-state index contributed by atoms with van der Waals surface area (Å²) in [5.74, 6) is 1.91. The molecule has 3 heterocycles. The smallest absolute Gasteiger partial charge is 0.324 e. The van der Waals surface area contributed by atoms with E-state index in [0.717, 1.165) is 52.5 Å². The van der Waals surface area contributed by atoms with Crippen molar-refractivity contribution in [1.29, 1.82) is 0 Å². The number of unbranched alkanes of at least 4 members (excludes halogenated alkanes) is 1. The molecule has 13 heteroatoms. The molecular formula is C39H41N9O4. The van der Waals surface area contributed by atoms with Crippen LogP contribution in [0.25, 0.3) is 16.5 Å². The average molecular weight is 700 g/mol. The Balaban J connectivity index is 1.12. The van der Waals surface area contributed by atoms with E-state index in [-0.39, 0.29) is 24.2 Å². The van der Waals surface area contributed by atoms with Gasteiger partial charge in [0.25, 0.3) is 5.91 Å². The summed E-state index contributed by atoms with van der Waals surface area (Å²) in [6, 6.07) is 24.7. The molecule has 0 atom stereocenters. The van der Waals surface area contributed by atoms with Crippen LogP contribution < -0.4 is 26.0 Å².